The van der Waals surface area contributed by atoms with Crippen molar-refractivity contribution in [3.05, 3.63) is 33.4 Å². The summed E-state index contributed by atoms with van der Waals surface area (Å²) in [4.78, 5) is 12.8. The molecular formula is C19H26F4INO3. The predicted molar refractivity (Wildman–Crippen MR) is 107 cm³/mol. The van der Waals surface area contributed by atoms with Crippen molar-refractivity contribution in [1.82, 2.24) is 4.90 Å². The van der Waals surface area contributed by atoms with Crippen LogP contribution in [-0.4, -0.2) is 40.0 Å². The molecule has 1 aliphatic heterocycles. The molecule has 1 aromatic carbocycles. The number of hydrogen-bond acceptors (Lipinski definition) is 3. The van der Waals surface area contributed by atoms with E-state index in [9.17, 15) is 22.4 Å². The predicted octanol–water partition coefficient (Wildman–Crippen LogP) is 6.03. The van der Waals surface area contributed by atoms with Crippen molar-refractivity contribution in [1.29, 1.82) is 0 Å². The summed E-state index contributed by atoms with van der Waals surface area (Å²) in [7, 11) is 1.24. The Morgan fingerprint density at radius 2 is 1.75 bits per heavy atom. The summed E-state index contributed by atoms with van der Waals surface area (Å²) in [6.45, 7) is 7.54. The van der Waals surface area contributed by atoms with Crippen molar-refractivity contribution >= 4 is 26.3 Å². The van der Waals surface area contributed by atoms with Crippen LogP contribution in [0.15, 0.2) is 24.3 Å². The van der Waals surface area contributed by atoms with Crippen LogP contribution in [0, 0.1) is 3.57 Å². The van der Waals surface area contributed by atoms with Crippen molar-refractivity contribution in [3.63, 3.8) is 0 Å². The number of amides is 1. The van der Waals surface area contributed by atoms with Gasteiger partial charge in [-0.15, -0.1) is 0 Å². The third-order valence-corrected chi connectivity index (χ3v) is 9.63. The maximum absolute atomic E-state index is 14.9. The molecule has 0 fully saturated rings. The van der Waals surface area contributed by atoms with E-state index in [0.717, 1.165) is 4.90 Å². The third kappa shape index (κ3) is 4.72. The van der Waals surface area contributed by atoms with E-state index in [1.165, 1.54) is 13.1 Å². The molecule has 160 valence electrons. The zero-order valence-corrected chi connectivity index (χ0v) is 18.9. The quantitative estimate of drug-likeness (QED) is 0.271. The van der Waals surface area contributed by atoms with Crippen LogP contribution in [-0.2, 0) is 13.4 Å². The van der Waals surface area contributed by atoms with Crippen LogP contribution in [0.25, 0.3) is 0 Å². The van der Waals surface area contributed by atoms with Crippen molar-refractivity contribution < 1.29 is 30.2 Å². The second-order valence-corrected chi connectivity index (χ2v) is 12.5. The van der Waals surface area contributed by atoms with Gasteiger partial charge in [0.2, 0.25) is 0 Å². The first-order valence-electron chi connectivity index (χ1n) is 8.77. The Morgan fingerprint density at radius 3 is 2.32 bits per heavy atom. The molecule has 1 heterocycles. The molecular weight excluding hydrogens is 493 g/mol. The topological polar surface area (TPSA) is 38.8 Å². The van der Waals surface area contributed by atoms with Crippen molar-refractivity contribution in [2.75, 3.05) is 13.6 Å². The number of fused-ring (bicyclic) bond motifs is 1. The molecule has 0 saturated heterocycles. The summed E-state index contributed by atoms with van der Waals surface area (Å²) in [5, 5.41) is 0. The molecule has 0 aromatic heterocycles. The number of hydrogen-bond donors (Lipinski definition) is 0. The van der Waals surface area contributed by atoms with Gasteiger partial charge >= 0.3 is 170 Å². The monoisotopic (exact) mass is 519 g/mol. The number of nitrogens with zero attached hydrogens (tertiary/aromatic N) is 1. The number of alkyl halides is 5. The number of rotatable bonds is 5. The zero-order valence-electron chi connectivity index (χ0n) is 16.8. The minimum atomic E-state index is -4.32. The van der Waals surface area contributed by atoms with Gasteiger partial charge in [-0.2, -0.15) is 0 Å². The first-order valence-corrected chi connectivity index (χ1v) is 11.8. The van der Waals surface area contributed by atoms with E-state index in [2.05, 4.69) is 0 Å². The van der Waals surface area contributed by atoms with Crippen molar-refractivity contribution in [2.45, 2.75) is 62.1 Å². The van der Waals surface area contributed by atoms with Gasteiger partial charge in [0.1, 0.15) is 0 Å². The number of ether oxygens (including phenoxy) is 1. The van der Waals surface area contributed by atoms with Crippen LogP contribution in [0.3, 0.4) is 0 Å². The summed E-state index contributed by atoms with van der Waals surface area (Å²) in [6, 6.07) is 6.32. The van der Waals surface area contributed by atoms with E-state index < -0.39 is 60.3 Å². The molecule has 0 bridgehead atoms. The molecule has 0 atom stereocenters. The summed E-state index contributed by atoms with van der Waals surface area (Å²) in [5.41, 5.74) is -1.31. The molecule has 2 rings (SSSR count). The molecule has 0 unspecified atom stereocenters. The van der Waals surface area contributed by atoms with Crippen LogP contribution < -0.4 is 0 Å². The number of carbonyl (C=O) groups is 1. The number of benzene rings is 1. The molecule has 1 aliphatic rings. The van der Waals surface area contributed by atoms with Gasteiger partial charge in [0.15, 0.2) is 0 Å². The SMILES string of the molecule is CN(CCC(F)(F)C(F)(F)I1OC(C)(C)c2ccccc21)C(=O)OC(C)(C)C. The fraction of sp³-hybridized carbons (Fsp3) is 0.632. The molecule has 0 saturated carbocycles. The molecule has 1 amide bonds. The van der Waals surface area contributed by atoms with E-state index in [1.807, 2.05) is 0 Å². The molecule has 0 radical (unpaired) electrons. The second-order valence-electron chi connectivity index (χ2n) is 8.17. The minimum absolute atomic E-state index is 0.210. The Kier molecular flexibility index (Phi) is 6.31. The van der Waals surface area contributed by atoms with Gasteiger partial charge in [-0.1, -0.05) is 0 Å². The molecule has 0 aliphatic carbocycles. The van der Waals surface area contributed by atoms with Gasteiger partial charge in [0, 0.05) is 0 Å². The van der Waals surface area contributed by atoms with Gasteiger partial charge in [-0.25, -0.2) is 0 Å². The zero-order chi connectivity index (χ0) is 21.5. The number of halogens is 5. The van der Waals surface area contributed by atoms with E-state index in [4.69, 9.17) is 7.80 Å². The summed E-state index contributed by atoms with van der Waals surface area (Å²) in [6.07, 6.45) is -2.02. The summed E-state index contributed by atoms with van der Waals surface area (Å²) in [5.74, 6) is -4.32. The van der Waals surface area contributed by atoms with Gasteiger partial charge in [0.05, 0.1) is 0 Å². The molecule has 4 nitrogen and oxygen atoms in total. The van der Waals surface area contributed by atoms with Crippen LogP contribution in [0.2, 0.25) is 0 Å². The normalized spacial score (nSPS) is 18.0. The summed E-state index contributed by atoms with van der Waals surface area (Å²) < 4.78 is 65.5. The first-order chi connectivity index (χ1) is 12.6. The van der Waals surface area contributed by atoms with Gasteiger partial charge in [-0.3, -0.25) is 0 Å². The Morgan fingerprint density at radius 1 is 1.18 bits per heavy atom. The Labute approximate surface area is 170 Å². The van der Waals surface area contributed by atoms with E-state index in [0.29, 0.717) is 5.56 Å². The second kappa shape index (κ2) is 7.62. The third-order valence-electron chi connectivity index (χ3n) is 4.07. The molecule has 28 heavy (non-hydrogen) atoms. The van der Waals surface area contributed by atoms with E-state index >= 15 is 0 Å². The van der Waals surface area contributed by atoms with Gasteiger partial charge in [0.25, 0.3) is 0 Å². The van der Waals surface area contributed by atoms with E-state index in [-0.39, 0.29) is 3.57 Å². The van der Waals surface area contributed by atoms with Crippen molar-refractivity contribution in [2.24, 2.45) is 0 Å². The Hall–Kier alpha value is -1.10. The summed E-state index contributed by atoms with van der Waals surface area (Å²) >= 11 is -4.00. The first kappa shape index (κ1) is 23.2. The molecule has 9 heteroatoms. The van der Waals surface area contributed by atoms with Crippen LogP contribution in [0.5, 0.6) is 0 Å². The number of carbonyl (C=O) groups excluding carboxylic acids is 1. The average Bonchev–Trinajstić information content (AvgIpc) is 2.83. The van der Waals surface area contributed by atoms with Crippen LogP contribution in [0.4, 0.5) is 22.4 Å². The average molecular weight is 519 g/mol. The maximum atomic E-state index is 14.9. The standard InChI is InChI=1S/C19H26F4INO3/c1-16(2,3)27-15(26)25(6)12-11-18(20,21)19(22,23)24-14-10-8-7-9-13(14)17(4,5)28-24/h7-10H,11-12H2,1-6H3. The molecule has 0 spiro atoms. The molecule has 1 aromatic rings. The molecule has 0 N–H and O–H groups in total. The fourth-order valence-electron chi connectivity index (χ4n) is 2.56. The van der Waals surface area contributed by atoms with Gasteiger partial charge < -0.3 is 0 Å². The van der Waals surface area contributed by atoms with E-state index in [1.54, 1.807) is 52.8 Å². The van der Waals surface area contributed by atoms with Crippen molar-refractivity contribution in [3.8, 4) is 0 Å². The van der Waals surface area contributed by atoms with Gasteiger partial charge in [-0.05, 0) is 0 Å². The van der Waals surface area contributed by atoms with Crippen LogP contribution >= 0.6 is 20.2 Å². The Balaban J connectivity index is 2.15. The van der Waals surface area contributed by atoms with Crippen LogP contribution in [0.1, 0.15) is 46.6 Å². The fourth-order valence-corrected chi connectivity index (χ4v) is 8.02. The Bertz CT molecular complexity index is 734.